The maximum absolute atomic E-state index is 11.7. The molecule has 0 bridgehead atoms. The van der Waals surface area contributed by atoms with Gasteiger partial charge in [-0.3, -0.25) is 0 Å². The van der Waals surface area contributed by atoms with Crippen LogP contribution in [0.2, 0.25) is 0 Å². The van der Waals surface area contributed by atoms with Crippen LogP contribution in [-0.2, 0) is 0 Å². The zero-order valence-corrected chi connectivity index (χ0v) is 12.6. The summed E-state index contributed by atoms with van der Waals surface area (Å²) in [5, 5.41) is 9.55. The molecule has 0 amide bonds. The van der Waals surface area contributed by atoms with Crippen molar-refractivity contribution < 1.29 is 14.3 Å². The second kappa shape index (κ2) is 5.60. The number of anilines is 1. The van der Waals surface area contributed by atoms with Crippen molar-refractivity contribution in [1.82, 2.24) is 0 Å². The summed E-state index contributed by atoms with van der Waals surface area (Å²) in [6.07, 6.45) is 0. The SMILES string of the molecule is CC(C)N(c1ccc2cc(C(=O)O)c(=O)oc2c1)C(C)C. The third-order valence-electron chi connectivity index (χ3n) is 3.36. The molecule has 2 rings (SSSR count). The van der Waals surface area contributed by atoms with Gasteiger partial charge in [0.1, 0.15) is 11.1 Å². The first kappa shape index (κ1) is 15.1. The molecule has 1 aromatic heterocycles. The Morgan fingerprint density at radius 2 is 1.76 bits per heavy atom. The van der Waals surface area contributed by atoms with Gasteiger partial charge in [-0.25, -0.2) is 9.59 Å². The fourth-order valence-corrected chi connectivity index (χ4v) is 2.60. The summed E-state index contributed by atoms with van der Waals surface area (Å²) in [5.74, 6) is -1.28. The molecule has 0 spiro atoms. The maximum atomic E-state index is 11.7. The fraction of sp³-hybridized carbons (Fsp3) is 0.375. The van der Waals surface area contributed by atoms with Crippen LogP contribution in [-0.4, -0.2) is 23.2 Å². The number of fused-ring (bicyclic) bond motifs is 1. The van der Waals surface area contributed by atoms with Gasteiger partial charge >= 0.3 is 11.6 Å². The molecule has 5 heteroatoms. The molecule has 0 atom stereocenters. The smallest absolute Gasteiger partial charge is 0.351 e. The Hall–Kier alpha value is -2.30. The number of carboxylic acids is 1. The summed E-state index contributed by atoms with van der Waals surface area (Å²) >= 11 is 0. The van der Waals surface area contributed by atoms with Crippen molar-refractivity contribution in [2.24, 2.45) is 0 Å². The topological polar surface area (TPSA) is 70.8 Å². The summed E-state index contributed by atoms with van der Waals surface area (Å²) in [6, 6.07) is 7.41. The van der Waals surface area contributed by atoms with Crippen molar-refractivity contribution in [3.8, 4) is 0 Å². The highest BCUT2D eigenvalue weighted by molar-refractivity contribution is 5.92. The highest BCUT2D eigenvalue weighted by Crippen LogP contribution is 2.25. The second-order valence-corrected chi connectivity index (χ2v) is 5.57. The van der Waals surface area contributed by atoms with E-state index in [2.05, 4.69) is 32.6 Å². The molecule has 1 aromatic carbocycles. The highest BCUT2D eigenvalue weighted by atomic mass is 16.4. The minimum atomic E-state index is -1.28. The van der Waals surface area contributed by atoms with Crippen LogP contribution in [0.5, 0.6) is 0 Å². The van der Waals surface area contributed by atoms with Gasteiger partial charge in [0, 0.05) is 29.2 Å². The Bertz CT molecular complexity index is 723. The average Bonchev–Trinajstić information content (AvgIpc) is 2.36. The number of hydrogen-bond acceptors (Lipinski definition) is 4. The van der Waals surface area contributed by atoms with E-state index in [0.717, 1.165) is 5.69 Å². The maximum Gasteiger partial charge on any atom is 0.351 e. The van der Waals surface area contributed by atoms with Crippen LogP contribution in [0.1, 0.15) is 38.1 Å². The van der Waals surface area contributed by atoms with Crippen LogP contribution in [0, 0.1) is 0 Å². The Labute approximate surface area is 122 Å². The predicted octanol–water partition coefficient (Wildman–Crippen LogP) is 3.11. The first-order chi connectivity index (χ1) is 9.81. The molecule has 0 unspecified atom stereocenters. The van der Waals surface area contributed by atoms with Gasteiger partial charge in [0.05, 0.1) is 0 Å². The standard InChI is InChI=1S/C16H19NO4/c1-9(2)17(10(3)4)12-6-5-11-7-13(15(18)19)16(20)21-14(11)8-12/h5-10H,1-4H3,(H,18,19). The summed E-state index contributed by atoms with van der Waals surface area (Å²) < 4.78 is 5.14. The van der Waals surface area contributed by atoms with E-state index in [-0.39, 0.29) is 5.56 Å². The van der Waals surface area contributed by atoms with Gasteiger partial charge in [-0.15, -0.1) is 0 Å². The predicted molar refractivity (Wildman–Crippen MR) is 82.2 cm³/mol. The van der Waals surface area contributed by atoms with Crippen LogP contribution < -0.4 is 10.5 Å². The van der Waals surface area contributed by atoms with E-state index in [1.54, 1.807) is 12.1 Å². The van der Waals surface area contributed by atoms with Gasteiger partial charge in [0.25, 0.3) is 0 Å². The number of aromatic carboxylic acids is 1. The Morgan fingerprint density at radius 3 is 2.29 bits per heavy atom. The normalized spacial score (nSPS) is 11.3. The first-order valence-corrected chi connectivity index (χ1v) is 6.90. The molecule has 0 radical (unpaired) electrons. The molecule has 0 aliphatic carbocycles. The molecule has 0 saturated heterocycles. The number of rotatable bonds is 4. The average molecular weight is 289 g/mol. The Balaban J connectivity index is 2.59. The number of carbonyl (C=O) groups is 1. The molecule has 2 aromatic rings. The van der Waals surface area contributed by atoms with Crippen LogP contribution >= 0.6 is 0 Å². The van der Waals surface area contributed by atoms with Gasteiger partial charge < -0.3 is 14.4 Å². The quantitative estimate of drug-likeness (QED) is 0.876. The fourth-order valence-electron chi connectivity index (χ4n) is 2.60. The Morgan fingerprint density at radius 1 is 1.14 bits per heavy atom. The van der Waals surface area contributed by atoms with Crippen molar-refractivity contribution in [1.29, 1.82) is 0 Å². The van der Waals surface area contributed by atoms with Crippen molar-refractivity contribution in [3.05, 3.63) is 40.2 Å². The minimum absolute atomic E-state index is 0.299. The lowest BCUT2D eigenvalue weighted by Gasteiger charge is -2.33. The van der Waals surface area contributed by atoms with Crippen molar-refractivity contribution in [3.63, 3.8) is 0 Å². The van der Waals surface area contributed by atoms with Gasteiger partial charge in [-0.1, -0.05) is 0 Å². The molecule has 0 aliphatic heterocycles. The third kappa shape index (κ3) is 2.91. The van der Waals surface area contributed by atoms with Crippen LogP contribution in [0.3, 0.4) is 0 Å². The summed E-state index contributed by atoms with van der Waals surface area (Å²) in [6.45, 7) is 8.36. The number of nitrogens with zero attached hydrogens (tertiary/aromatic N) is 1. The molecule has 112 valence electrons. The molecule has 1 N–H and O–H groups in total. The second-order valence-electron chi connectivity index (χ2n) is 5.57. The van der Waals surface area contributed by atoms with E-state index in [4.69, 9.17) is 9.52 Å². The molecular formula is C16H19NO4. The lowest BCUT2D eigenvalue weighted by molar-refractivity contribution is 0.0692. The van der Waals surface area contributed by atoms with Gasteiger partial charge in [-0.05, 0) is 45.9 Å². The van der Waals surface area contributed by atoms with Crippen LogP contribution in [0.15, 0.2) is 33.5 Å². The Kier molecular flexibility index (Phi) is 4.02. The zero-order chi connectivity index (χ0) is 15.7. The molecular weight excluding hydrogens is 270 g/mol. The monoisotopic (exact) mass is 289 g/mol. The largest absolute Gasteiger partial charge is 0.477 e. The lowest BCUT2D eigenvalue weighted by atomic mass is 10.1. The van der Waals surface area contributed by atoms with E-state index in [1.165, 1.54) is 6.07 Å². The third-order valence-corrected chi connectivity index (χ3v) is 3.36. The van der Waals surface area contributed by atoms with E-state index >= 15 is 0 Å². The van der Waals surface area contributed by atoms with E-state index in [9.17, 15) is 9.59 Å². The van der Waals surface area contributed by atoms with E-state index < -0.39 is 11.6 Å². The molecule has 1 heterocycles. The van der Waals surface area contributed by atoms with Crippen molar-refractivity contribution >= 4 is 22.6 Å². The van der Waals surface area contributed by atoms with Gasteiger partial charge in [-0.2, -0.15) is 0 Å². The van der Waals surface area contributed by atoms with E-state index in [0.29, 0.717) is 23.1 Å². The first-order valence-electron chi connectivity index (χ1n) is 6.90. The molecule has 0 saturated carbocycles. The van der Waals surface area contributed by atoms with Gasteiger partial charge in [0.2, 0.25) is 0 Å². The molecule has 21 heavy (non-hydrogen) atoms. The number of benzene rings is 1. The summed E-state index contributed by atoms with van der Waals surface area (Å²) in [7, 11) is 0. The minimum Gasteiger partial charge on any atom is -0.477 e. The lowest BCUT2D eigenvalue weighted by Crippen LogP contribution is -2.36. The summed E-state index contributed by atoms with van der Waals surface area (Å²) in [5.41, 5.74) is 0.167. The number of carboxylic acid groups (broad SMARTS) is 1. The molecule has 0 fully saturated rings. The van der Waals surface area contributed by atoms with Crippen LogP contribution in [0.4, 0.5) is 5.69 Å². The molecule has 5 nitrogen and oxygen atoms in total. The number of hydrogen-bond donors (Lipinski definition) is 1. The molecule has 0 aliphatic rings. The van der Waals surface area contributed by atoms with Crippen LogP contribution in [0.25, 0.3) is 11.0 Å². The summed E-state index contributed by atoms with van der Waals surface area (Å²) in [4.78, 5) is 24.8. The van der Waals surface area contributed by atoms with E-state index in [1.807, 2.05) is 6.07 Å². The van der Waals surface area contributed by atoms with Gasteiger partial charge in [0.15, 0.2) is 0 Å². The van der Waals surface area contributed by atoms with Crippen molar-refractivity contribution in [2.75, 3.05) is 4.90 Å². The highest BCUT2D eigenvalue weighted by Gasteiger charge is 2.16. The van der Waals surface area contributed by atoms with Crippen molar-refractivity contribution in [2.45, 2.75) is 39.8 Å². The zero-order valence-electron chi connectivity index (χ0n) is 12.6.